The Morgan fingerprint density at radius 2 is 2.23 bits per heavy atom. The first-order valence-electron chi connectivity index (χ1n) is 4.53. The van der Waals surface area contributed by atoms with Gasteiger partial charge in [-0.3, -0.25) is 4.68 Å². The lowest BCUT2D eigenvalue weighted by Gasteiger charge is -2.15. The van der Waals surface area contributed by atoms with Gasteiger partial charge in [-0.05, 0) is 18.8 Å². The van der Waals surface area contributed by atoms with Gasteiger partial charge in [-0.1, -0.05) is 0 Å². The molecule has 13 heavy (non-hydrogen) atoms. The molecule has 0 spiro atoms. The van der Waals surface area contributed by atoms with Crippen LogP contribution in [-0.4, -0.2) is 26.1 Å². The molecule has 0 aromatic carbocycles. The Labute approximate surface area is 76.8 Å². The highest BCUT2D eigenvalue weighted by Gasteiger charge is 2.35. The molecule has 72 valence electrons. The number of aromatic nitrogens is 2. The van der Waals surface area contributed by atoms with E-state index in [1.54, 1.807) is 24.1 Å². The molecule has 0 radical (unpaired) electrons. The zero-order chi connectivity index (χ0) is 9.42. The molecule has 2 N–H and O–H groups in total. The number of aryl methyl sites for hydroxylation is 1. The number of nitrogens with zero attached hydrogens (tertiary/aromatic N) is 2. The first kappa shape index (κ1) is 8.72. The largest absolute Gasteiger partial charge is 0.390 e. The summed E-state index contributed by atoms with van der Waals surface area (Å²) < 4.78 is 1.62. The van der Waals surface area contributed by atoms with E-state index in [4.69, 9.17) is 0 Å². The van der Waals surface area contributed by atoms with Crippen LogP contribution in [0.15, 0.2) is 12.4 Å². The Kier molecular flexibility index (Phi) is 2.09. The molecule has 1 aliphatic rings. The van der Waals surface area contributed by atoms with Crippen LogP contribution in [0.1, 0.15) is 24.5 Å². The molecule has 1 heterocycles. The van der Waals surface area contributed by atoms with Gasteiger partial charge in [-0.15, -0.1) is 0 Å². The molecule has 0 bridgehead atoms. The second-order valence-electron chi connectivity index (χ2n) is 3.72. The molecule has 1 aromatic heterocycles. The Balaban J connectivity index is 2.06. The van der Waals surface area contributed by atoms with E-state index in [-0.39, 0.29) is 5.92 Å². The summed E-state index contributed by atoms with van der Waals surface area (Å²) in [6.45, 7) is 0. The van der Waals surface area contributed by atoms with Crippen molar-refractivity contribution in [3.63, 3.8) is 0 Å². The van der Waals surface area contributed by atoms with Crippen molar-refractivity contribution in [2.75, 3.05) is 0 Å². The van der Waals surface area contributed by atoms with E-state index < -0.39 is 12.2 Å². The lowest BCUT2D eigenvalue weighted by molar-refractivity contribution is 0.00481. The molecule has 0 saturated heterocycles. The van der Waals surface area contributed by atoms with Crippen LogP contribution in [0.5, 0.6) is 0 Å². The summed E-state index contributed by atoms with van der Waals surface area (Å²) in [5, 5.41) is 23.3. The van der Waals surface area contributed by atoms with Crippen LogP contribution in [0.4, 0.5) is 0 Å². The van der Waals surface area contributed by atoms with Crippen molar-refractivity contribution in [3.05, 3.63) is 18.0 Å². The molecular formula is C9H14N2O2. The molecule has 1 saturated carbocycles. The normalized spacial score (nSPS) is 21.5. The minimum atomic E-state index is -0.777. The van der Waals surface area contributed by atoms with Crippen molar-refractivity contribution in [3.8, 4) is 0 Å². The van der Waals surface area contributed by atoms with Gasteiger partial charge in [0.1, 0.15) is 6.10 Å². The van der Waals surface area contributed by atoms with Crippen LogP contribution in [-0.2, 0) is 7.05 Å². The van der Waals surface area contributed by atoms with E-state index in [0.29, 0.717) is 5.56 Å². The van der Waals surface area contributed by atoms with Gasteiger partial charge in [0.25, 0.3) is 0 Å². The van der Waals surface area contributed by atoms with Crippen LogP contribution in [0.25, 0.3) is 0 Å². The number of hydrogen-bond acceptors (Lipinski definition) is 3. The van der Waals surface area contributed by atoms with E-state index in [9.17, 15) is 10.2 Å². The smallest absolute Gasteiger partial charge is 0.108 e. The first-order valence-corrected chi connectivity index (χ1v) is 4.53. The molecule has 4 nitrogen and oxygen atoms in total. The van der Waals surface area contributed by atoms with E-state index in [1.165, 1.54) is 0 Å². The highest BCUT2D eigenvalue weighted by molar-refractivity contribution is 5.10. The highest BCUT2D eigenvalue weighted by Crippen LogP contribution is 2.37. The zero-order valence-electron chi connectivity index (χ0n) is 7.59. The van der Waals surface area contributed by atoms with Gasteiger partial charge < -0.3 is 10.2 Å². The number of hydrogen-bond donors (Lipinski definition) is 2. The molecule has 2 unspecified atom stereocenters. The number of aliphatic hydroxyl groups excluding tert-OH is 2. The van der Waals surface area contributed by atoms with Gasteiger partial charge in [-0.2, -0.15) is 5.10 Å². The molecule has 2 rings (SSSR count). The lowest BCUT2D eigenvalue weighted by atomic mass is 10.0. The van der Waals surface area contributed by atoms with Crippen molar-refractivity contribution < 1.29 is 10.2 Å². The van der Waals surface area contributed by atoms with Crippen LogP contribution >= 0.6 is 0 Å². The maximum atomic E-state index is 9.71. The average Bonchev–Trinajstić information content (AvgIpc) is 2.87. The molecule has 4 heteroatoms. The second-order valence-corrected chi connectivity index (χ2v) is 3.72. The molecule has 1 fully saturated rings. The predicted molar refractivity (Wildman–Crippen MR) is 46.9 cm³/mol. The minimum absolute atomic E-state index is 0.287. The number of rotatable bonds is 3. The maximum Gasteiger partial charge on any atom is 0.108 e. The van der Waals surface area contributed by atoms with Crippen LogP contribution < -0.4 is 0 Å². The summed E-state index contributed by atoms with van der Waals surface area (Å²) in [7, 11) is 1.79. The maximum absolute atomic E-state index is 9.71. The van der Waals surface area contributed by atoms with Crippen molar-refractivity contribution in [1.82, 2.24) is 9.78 Å². The third-order valence-electron chi connectivity index (χ3n) is 2.49. The van der Waals surface area contributed by atoms with Crippen molar-refractivity contribution in [1.29, 1.82) is 0 Å². The summed E-state index contributed by atoms with van der Waals surface area (Å²) in [6, 6.07) is 0. The predicted octanol–water partition coefficient (Wildman–Crippen LogP) is 0.224. The van der Waals surface area contributed by atoms with Crippen LogP contribution in [0, 0.1) is 5.92 Å². The molecular weight excluding hydrogens is 168 g/mol. The van der Waals surface area contributed by atoms with Gasteiger partial charge >= 0.3 is 0 Å². The summed E-state index contributed by atoms with van der Waals surface area (Å²) in [5.41, 5.74) is 0.696. The fourth-order valence-corrected chi connectivity index (χ4v) is 1.49. The molecule has 0 amide bonds. The van der Waals surface area contributed by atoms with Gasteiger partial charge in [0, 0.05) is 18.8 Å². The van der Waals surface area contributed by atoms with Crippen molar-refractivity contribution in [2.24, 2.45) is 13.0 Å². The Bertz CT molecular complexity index is 294. The van der Waals surface area contributed by atoms with Gasteiger partial charge in [0.2, 0.25) is 0 Å². The van der Waals surface area contributed by atoms with E-state index in [0.717, 1.165) is 12.8 Å². The third kappa shape index (κ3) is 1.73. The first-order chi connectivity index (χ1) is 6.18. The van der Waals surface area contributed by atoms with Crippen molar-refractivity contribution >= 4 is 0 Å². The van der Waals surface area contributed by atoms with Crippen LogP contribution in [0.3, 0.4) is 0 Å². The third-order valence-corrected chi connectivity index (χ3v) is 2.49. The topological polar surface area (TPSA) is 58.3 Å². The average molecular weight is 182 g/mol. The lowest BCUT2D eigenvalue weighted by Crippen LogP contribution is -2.19. The van der Waals surface area contributed by atoms with Crippen LogP contribution in [0.2, 0.25) is 0 Å². The fourth-order valence-electron chi connectivity index (χ4n) is 1.49. The fraction of sp³-hybridized carbons (Fsp3) is 0.667. The standard InChI is InChI=1S/C9H14N2O2/c1-11-5-7(4-10-11)9(13)8(12)6-2-3-6/h4-6,8-9,12-13H,2-3H2,1H3. The van der Waals surface area contributed by atoms with Gasteiger partial charge in [-0.25, -0.2) is 0 Å². The molecule has 0 aliphatic heterocycles. The molecule has 1 aromatic rings. The summed E-state index contributed by atoms with van der Waals surface area (Å²) >= 11 is 0. The summed E-state index contributed by atoms with van der Waals surface area (Å²) in [5.74, 6) is 0.287. The van der Waals surface area contributed by atoms with E-state index >= 15 is 0 Å². The Morgan fingerprint density at radius 1 is 1.54 bits per heavy atom. The highest BCUT2D eigenvalue weighted by atomic mass is 16.3. The van der Waals surface area contributed by atoms with Gasteiger partial charge in [0.05, 0.1) is 12.3 Å². The zero-order valence-corrected chi connectivity index (χ0v) is 7.59. The molecule has 2 atom stereocenters. The van der Waals surface area contributed by atoms with E-state index in [2.05, 4.69) is 5.10 Å². The summed E-state index contributed by atoms with van der Waals surface area (Å²) in [4.78, 5) is 0. The minimum Gasteiger partial charge on any atom is -0.390 e. The summed E-state index contributed by atoms with van der Waals surface area (Å²) in [6.07, 6.45) is 3.98. The Hall–Kier alpha value is -0.870. The molecule has 1 aliphatic carbocycles. The van der Waals surface area contributed by atoms with Gasteiger partial charge in [0.15, 0.2) is 0 Å². The monoisotopic (exact) mass is 182 g/mol. The quantitative estimate of drug-likeness (QED) is 0.703. The van der Waals surface area contributed by atoms with E-state index in [1.807, 2.05) is 0 Å². The van der Waals surface area contributed by atoms with Crippen molar-refractivity contribution in [2.45, 2.75) is 25.0 Å². The second kappa shape index (κ2) is 3.12. The Morgan fingerprint density at radius 3 is 2.69 bits per heavy atom. The number of aliphatic hydroxyl groups is 2. The SMILES string of the molecule is Cn1cc(C(O)C(O)C2CC2)cn1.